The lowest BCUT2D eigenvalue weighted by Crippen LogP contribution is -2.28. The standard InChI is InChI=1S/C13H24N2S/c1-11(2)10-12(3)14-7-5-4-6-13-15-8-9-16-13/h8-9,11-12,14H,4-7,10H2,1-3H3. The molecule has 3 heteroatoms. The molecule has 16 heavy (non-hydrogen) atoms. The number of aryl methyl sites for hydroxylation is 1. The monoisotopic (exact) mass is 240 g/mol. The van der Waals surface area contributed by atoms with Gasteiger partial charge in [0.15, 0.2) is 0 Å². The zero-order valence-corrected chi connectivity index (χ0v) is 11.5. The van der Waals surface area contributed by atoms with Crippen LogP contribution in [0.2, 0.25) is 0 Å². The summed E-state index contributed by atoms with van der Waals surface area (Å²) in [5, 5.41) is 6.90. The van der Waals surface area contributed by atoms with Crippen molar-refractivity contribution >= 4 is 11.3 Å². The maximum absolute atomic E-state index is 4.29. The fraction of sp³-hybridized carbons (Fsp3) is 0.769. The minimum absolute atomic E-state index is 0.653. The smallest absolute Gasteiger partial charge is 0.0924 e. The van der Waals surface area contributed by atoms with Crippen molar-refractivity contribution in [2.24, 2.45) is 5.92 Å². The molecule has 1 aromatic rings. The normalized spacial score (nSPS) is 13.2. The lowest BCUT2D eigenvalue weighted by atomic mass is 10.1. The van der Waals surface area contributed by atoms with Gasteiger partial charge in [-0.2, -0.15) is 0 Å². The van der Waals surface area contributed by atoms with Crippen molar-refractivity contribution in [2.45, 2.75) is 52.5 Å². The molecule has 0 aromatic carbocycles. The average molecular weight is 240 g/mol. The third kappa shape index (κ3) is 6.23. The van der Waals surface area contributed by atoms with Crippen molar-refractivity contribution in [3.63, 3.8) is 0 Å². The van der Waals surface area contributed by atoms with E-state index >= 15 is 0 Å². The Bertz CT molecular complexity index is 257. The van der Waals surface area contributed by atoms with E-state index in [4.69, 9.17) is 0 Å². The lowest BCUT2D eigenvalue weighted by Gasteiger charge is -2.15. The first-order valence-electron chi connectivity index (χ1n) is 6.30. The van der Waals surface area contributed by atoms with Crippen LogP contribution in [0.15, 0.2) is 11.6 Å². The Morgan fingerprint density at radius 2 is 2.12 bits per heavy atom. The molecule has 0 radical (unpaired) electrons. The number of thiazole rings is 1. The van der Waals surface area contributed by atoms with Crippen LogP contribution in [0.1, 0.15) is 45.0 Å². The van der Waals surface area contributed by atoms with E-state index in [1.165, 1.54) is 24.3 Å². The number of hydrogen-bond acceptors (Lipinski definition) is 3. The van der Waals surface area contributed by atoms with Crippen LogP contribution in [-0.4, -0.2) is 17.6 Å². The number of nitrogens with zero attached hydrogens (tertiary/aromatic N) is 1. The van der Waals surface area contributed by atoms with Crippen LogP contribution < -0.4 is 5.32 Å². The second kappa shape index (κ2) is 7.80. The van der Waals surface area contributed by atoms with Crippen molar-refractivity contribution in [1.29, 1.82) is 0 Å². The minimum atomic E-state index is 0.653. The Morgan fingerprint density at radius 1 is 1.31 bits per heavy atom. The maximum Gasteiger partial charge on any atom is 0.0924 e. The highest BCUT2D eigenvalue weighted by Gasteiger charge is 2.03. The fourth-order valence-corrected chi connectivity index (χ4v) is 2.58. The molecule has 0 spiro atoms. The summed E-state index contributed by atoms with van der Waals surface area (Å²) in [6, 6.07) is 0.653. The van der Waals surface area contributed by atoms with Gasteiger partial charge in [0.2, 0.25) is 0 Å². The summed E-state index contributed by atoms with van der Waals surface area (Å²) in [7, 11) is 0. The molecule has 0 saturated carbocycles. The zero-order chi connectivity index (χ0) is 11.8. The van der Waals surface area contributed by atoms with Crippen LogP contribution in [0, 0.1) is 5.92 Å². The van der Waals surface area contributed by atoms with Gasteiger partial charge in [-0.05, 0) is 45.1 Å². The number of unbranched alkanes of at least 4 members (excludes halogenated alkanes) is 1. The number of rotatable bonds is 8. The summed E-state index contributed by atoms with van der Waals surface area (Å²) in [6.07, 6.45) is 6.80. The van der Waals surface area contributed by atoms with Crippen LogP contribution in [0.3, 0.4) is 0 Å². The summed E-state index contributed by atoms with van der Waals surface area (Å²) in [5.41, 5.74) is 0. The van der Waals surface area contributed by atoms with E-state index in [1.807, 2.05) is 6.20 Å². The predicted molar refractivity (Wildman–Crippen MR) is 72.0 cm³/mol. The third-order valence-corrected chi connectivity index (χ3v) is 3.46. The molecule has 0 amide bonds. The molecule has 2 nitrogen and oxygen atoms in total. The van der Waals surface area contributed by atoms with Crippen LogP contribution in [0.25, 0.3) is 0 Å². The molecule has 0 saturated heterocycles. The van der Waals surface area contributed by atoms with Gasteiger partial charge in [0.25, 0.3) is 0 Å². The summed E-state index contributed by atoms with van der Waals surface area (Å²) < 4.78 is 0. The predicted octanol–water partition coefficient (Wildman–Crippen LogP) is 3.49. The first kappa shape index (κ1) is 13.7. The fourth-order valence-electron chi connectivity index (χ4n) is 1.92. The highest BCUT2D eigenvalue weighted by Crippen LogP contribution is 2.08. The van der Waals surface area contributed by atoms with Crippen LogP contribution in [0.5, 0.6) is 0 Å². The van der Waals surface area contributed by atoms with Crippen molar-refractivity contribution in [2.75, 3.05) is 6.54 Å². The van der Waals surface area contributed by atoms with Crippen molar-refractivity contribution < 1.29 is 0 Å². The van der Waals surface area contributed by atoms with Gasteiger partial charge in [0.1, 0.15) is 0 Å². The van der Waals surface area contributed by atoms with E-state index < -0.39 is 0 Å². The summed E-state index contributed by atoms with van der Waals surface area (Å²) >= 11 is 1.76. The molecule has 1 aromatic heterocycles. The second-order valence-electron chi connectivity index (χ2n) is 4.87. The molecule has 1 rings (SSSR count). The Balaban J connectivity index is 1.95. The van der Waals surface area contributed by atoms with Gasteiger partial charge in [-0.3, -0.25) is 0 Å². The molecular formula is C13H24N2S. The first-order chi connectivity index (χ1) is 7.68. The Morgan fingerprint density at radius 3 is 2.75 bits per heavy atom. The van der Waals surface area contributed by atoms with E-state index in [9.17, 15) is 0 Å². The third-order valence-electron chi connectivity index (χ3n) is 2.62. The van der Waals surface area contributed by atoms with Gasteiger partial charge < -0.3 is 5.32 Å². The van der Waals surface area contributed by atoms with Crippen molar-refractivity contribution in [3.05, 3.63) is 16.6 Å². The molecule has 0 aliphatic carbocycles. The van der Waals surface area contributed by atoms with Gasteiger partial charge in [-0.1, -0.05) is 13.8 Å². The molecule has 0 bridgehead atoms. The maximum atomic E-state index is 4.29. The Kier molecular flexibility index (Phi) is 6.65. The molecule has 0 aliphatic rings. The molecule has 0 aliphatic heterocycles. The minimum Gasteiger partial charge on any atom is -0.314 e. The van der Waals surface area contributed by atoms with E-state index in [2.05, 4.69) is 36.5 Å². The van der Waals surface area contributed by atoms with Crippen molar-refractivity contribution in [3.8, 4) is 0 Å². The summed E-state index contributed by atoms with van der Waals surface area (Å²) in [6.45, 7) is 7.97. The Hall–Kier alpha value is -0.410. The van der Waals surface area contributed by atoms with Crippen molar-refractivity contribution in [1.82, 2.24) is 10.3 Å². The van der Waals surface area contributed by atoms with Gasteiger partial charge in [0.05, 0.1) is 5.01 Å². The van der Waals surface area contributed by atoms with E-state index in [0.29, 0.717) is 6.04 Å². The van der Waals surface area contributed by atoms with Gasteiger partial charge in [-0.15, -0.1) is 11.3 Å². The molecule has 0 fully saturated rings. The quantitative estimate of drug-likeness (QED) is 0.704. The Labute approximate surface area is 103 Å². The zero-order valence-electron chi connectivity index (χ0n) is 10.7. The highest BCUT2D eigenvalue weighted by molar-refractivity contribution is 7.09. The SMILES string of the molecule is CC(C)CC(C)NCCCCc1nccs1. The topological polar surface area (TPSA) is 24.9 Å². The molecular weight excluding hydrogens is 216 g/mol. The summed E-state index contributed by atoms with van der Waals surface area (Å²) in [5.74, 6) is 0.790. The largest absolute Gasteiger partial charge is 0.314 e. The molecule has 1 heterocycles. The molecule has 1 N–H and O–H groups in total. The van der Waals surface area contributed by atoms with Crippen LogP contribution >= 0.6 is 11.3 Å². The van der Waals surface area contributed by atoms with Crippen LogP contribution in [0.4, 0.5) is 0 Å². The number of aromatic nitrogens is 1. The molecule has 92 valence electrons. The van der Waals surface area contributed by atoms with E-state index in [-0.39, 0.29) is 0 Å². The number of nitrogens with one attached hydrogen (secondary N) is 1. The highest BCUT2D eigenvalue weighted by atomic mass is 32.1. The first-order valence-corrected chi connectivity index (χ1v) is 7.18. The summed E-state index contributed by atoms with van der Waals surface area (Å²) in [4.78, 5) is 4.29. The lowest BCUT2D eigenvalue weighted by molar-refractivity contribution is 0.437. The van der Waals surface area contributed by atoms with Crippen LogP contribution in [-0.2, 0) is 6.42 Å². The average Bonchev–Trinajstić information content (AvgIpc) is 2.68. The molecule has 1 atom stereocenters. The molecule has 1 unspecified atom stereocenters. The van der Waals surface area contributed by atoms with Gasteiger partial charge in [-0.25, -0.2) is 4.98 Å². The van der Waals surface area contributed by atoms with E-state index in [1.54, 1.807) is 11.3 Å². The number of hydrogen-bond donors (Lipinski definition) is 1. The second-order valence-corrected chi connectivity index (χ2v) is 5.85. The van der Waals surface area contributed by atoms with Gasteiger partial charge >= 0.3 is 0 Å². The van der Waals surface area contributed by atoms with E-state index in [0.717, 1.165) is 18.9 Å². The van der Waals surface area contributed by atoms with Gasteiger partial charge in [0, 0.05) is 17.6 Å².